The molecule has 1 heterocycles. The molecule has 1 aromatic heterocycles. The topological polar surface area (TPSA) is 14.2 Å². The smallest absolute Gasteiger partial charge is 0.148 e. The second-order valence-corrected chi connectivity index (χ2v) is 4.98. The summed E-state index contributed by atoms with van der Waals surface area (Å²) in [6, 6.07) is 12.4. The number of rotatable bonds is 3. The summed E-state index contributed by atoms with van der Waals surface area (Å²) in [7, 11) is 0. The third-order valence-electron chi connectivity index (χ3n) is 3.57. The van der Waals surface area contributed by atoms with E-state index in [1.807, 2.05) is 12.1 Å². The van der Waals surface area contributed by atoms with Gasteiger partial charge < -0.3 is 9.30 Å². The van der Waals surface area contributed by atoms with E-state index in [0.29, 0.717) is 6.54 Å². The van der Waals surface area contributed by atoms with Gasteiger partial charge in [-0.25, -0.2) is 0 Å². The van der Waals surface area contributed by atoms with Crippen molar-refractivity contribution in [2.45, 2.75) is 13.5 Å². The van der Waals surface area contributed by atoms with Crippen molar-refractivity contribution in [3.8, 4) is 30.4 Å². The van der Waals surface area contributed by atoms with E-state index in [1.165, 1.54) is 16.3 Å². The van der Waals surface area contributed by atoms with Crippen molar-refractivity contribution in [1.82, 2.24) is 4.57 Å². The minimum Gasteiger partial charge on any atom is -0.481 e. The van der Waals surface area contributed by atoms with Crippen LogP contribution in [0.5, 0.6) is 5.75 Å². The van der Waals surface area contributed by atoms with Gasteiger partial charge in [-0.15, -0.1) is 12.8 Å². The molecule has 0 amide bonds. The Morgan fingerprint density at radius 2 is 1.71 bits per heavy atom. The lowest BCUT2D eigenvalue weighted by molar-refractivity contribution is 0.371. The molecule has 0 fully saturated rings. The molecule has 0 radical (unpaired) electrons. The van der Waals surface area contributed by atoms with Crippen molar-refractivity contribution in [2.75, 3.05) is 6.61 Å². The Kier molecular flexibility index (Phi) is 3.30. The lowest BCUT2D eigenvalue weighted by Gasteiger charge is -2.05. The number of aryl methyl sites for hydroxylation is 1. The molecule has 0 aliphatic heterocycles. The molecular weight excluding hydrogens is 258 g/mol. The Bertz CT molecular complexity index is 903. The predicted molar refractivity (Wildman–Crippen MR) is 87.3 cm³/mol. The van der Waals surface area contributed by atoms with E-state index >= 15 is 0 Å². The van der Waals surface area contributed by atoms with E-state index in [0.717, 1.165) is 16.8 Å². The monoisotopic (exact) mass is 273 g/mol. The van der Waals surface area contributed by atoms with E-state index in [1.54, 1.807) is 0 Å². The summed E-state index contributed by atoms with van der Waals surface area (Å²) in [5.74, 6) is 5.97. The molecule has 2 aromatic carbocycles. The Hall–Kier alpha value is -2.84. The van der Waals surface area contributed by atoms with Crippen molar-refractivity contribution in [2.24, 2.45) is 0 Å². The van der Waals surface area contributed by atoms with Crippen LogP contribution in [-0.2, 0) is 6.54 Å². The highest BCUT2D eigenvalue weighted by Crippen LogP contribution is 2.32. The third-order valence-corrected chi connectivity index (χ3v) is 3.57. The SMILES string of the molecule is C#CCOc1ccc2c3ccc(C)cc3n(CC#C)c2c1. The molecule has 3 rings (SSSR count). The Morgan fingerprint density at radius 1 is 1.00 bits per heavy atom. The normalized spacial score (nSPS) is 10.4. The number of ether oxygens (including phenoxy) is 1. The van der Waals surface area contributed by atoms with Crippen molar-refractivity contribution in [3.63, 3.8) is 0 Å². The lowest BCUT2D eigenvalue weighted by Crippen LogP contribution is -1.96. The van der Waals surface area contributed by atoms with Gasteiger partial charge in [0, 0.05) is 16.8 Å². The summed E-state index contributed by atoms with van der Waals surface area (Å²) < 4.78 is 7.65. The molecule has 0 aliphatic rings. The van der Waals surface area contributed by atoms with Gasteiger partial charge in [-0.2, -0.15) is 0 Å². The molecule has 2 nitrogen and oxygen atoms in total. The Balaban J connectivity index is 2.30. The summed E-state index contributed by atoms with van der Waals surface area (Å²) in [5, 5.41) is 2.38. The quantitative estimate of drug-likeness (QED) is 0.663. The first-order valence-corrected chi connectivity index (χ1v) is 6.77. The number of benzene rings is 2. The van der Waals surface area contributed by atoms with Crippen LogP contribution in [0, 0.1) is 31.6 Å². The van der Waals surface area contributed by atoms with Gasteiger partial charge in [0.1, 0.15) is 12.4 Å². The summed E-state index contributed by atoms with van der Waals surface area (Å²) in [5.41, 5.74) is 3.44. The molecule has 0 saturated heterocycles. The first-order valence-electron chi connectivity index (χ1n) is 6.77. The van der Waals surface area contributed by atoms with Crippen LogP contribution >= 0.6 is 0 Å². The van der Waals surface area contributed by atoms with Gasteiger partial charge in [-0.05, 0) is 30.7 Å². The minimum absolute atomic E-state index is 0.264. The van der Waals surface area contributed by atoms with Gasteiger partial charge in [0.2, 0.25) is 0 Å². The fourth-order valence-electron chi connectivity index (χ4n) is 2.66. The van der Waals surface area contributed by atoms with Crippen LogP contribution in [0.1, 0.15) is 5.56 Å². The molecular formula is C19H15NO. The van der Waals surface area contributed by atoms with Crippen LogP contribution in [0.2, 0.25) is 0 Å². The number of terminal acetylenes is 2. The molecule has 0 spiro atoms. The standard InChI is InChI=1S/C19H15NO/c1-4-10-20-18-12-14(3)6-8-16(18)17-9-7-15(13-19(17)20)21-11-5-2/h1-2,6-9,12-13H,10-11H2,3H3. The summed E-state index contributed by atoms with van der Waals surface area (Å²) in [4.78, 5) is 0. The second kappa shape index (κ2) is 5.27. The number of hydrogen-bond donors (Lipinski definition) is 0. The van der Waals surface area contributed by atoms with E-state index in [-0.39, 0.29) is 6.61 Å². The van der Waals surface area contributed by atoms with Crippen molar-refractivity contribution >= 4 is 21.8 Å². The average Bonchev–Trinajstić information content (AvgIpc) is 2.79. The van der Waals surface area contributed by atoms with Crippen LogP contribution in [-0.4, -0.2) is 11.2 Å². The highest BCUT2D eigenvalue weighted by Gasteiger charge is 2.11. The number of fused-ring (bicyclic) bond motifs is 3. The van der Waals surface area contributed by atoms with Crippen LogP contribution in [0.3, 0.4) is 0 Å². The Labute approximate surface area is 124 Å². The summed E-state index contributed by atoms with van der Waals surface area (Å²) in [6.45, 7) is 2.88. The summed E-state index contributed by atoms with van der Waals surface area (Å²) >= 11 is 0. The van der Waals surface area contributed by atoms with Crippen LogP contribution in [0.4, 0.5) is 0 Å². The number of hydrogen-bond acceptors (Lipinski definition) is 1. The number of nitrogens with zero attached hydrogens (tertiary/aromatic N) is 1. The van der Waals surface area contributed by atoms with Gasteiger partial charge in [0.15, 0.2) is 0 Å². The molecule has 0 saturated carbocycles. The molecule has 0 aliphatic carbocycles. The highest BCUT2D eigenvalue weighted by atomic mass is 16.5. The first kappa shape index (κ1) is 13.2. The van der Waals surface area contributed by atoms with Gasteiger partial charge in [0.05, 0.1) is 17.6 Å². The molecule has 2 heteroatoms. The van der Waals surface area contributed by atoms with Crippen LogP contribution in [0.25, 0.3) is 21.8 Å². The molecule has 0 N–H and O–H groups in total. The molecule has 0 atom stereocenters. The Morgan fingerprint density at radius 3 is 2.43 bits per heavy atom. The third kappa shape index (κ3) is 2.22. The zero-order valence-corrected chi connectivity index (χ0v) is 11.9. The van der Waals surface area contributed by atoms with Gasteiger partial charge in [-0.1, -0.05) is 24.0 Å². The van der Waals surface area contributed by atoms with Crippen LogP contribution in [0.15, 0.2) is 36.4 Å². The van der Waals surface area contributed by atoms with Crippen molar-refractivity contribution in [1.29, 1.82) is 0 Å². The minimum atomic E-state index is 0.264. The van der Waals surface area contributed by atoms with E-state index in [4.69, 9.17) is 17.6 Å². The molecule has 0 bridgehead atoms. The highest BCUT2D eigenvalue weighted by molar-refractivity contribution is 6.08. The van der Waals surface area contributed by atoms with Gasteiger partial charge >= 0.3 is 0 Å². The van der Waals surface area contributed by atoms with Gasteiger partial charge in [-0.3, -0.25) is 0 Å². The molecule has 3 aromatic rings. The molecule has 102 valence electrons. The first-order chi connectivity index (χ1) is 10.2. The van der Waals surface area contributed by atoms with E-state index in [2.05, 4.69) is 47.6 Å². The summed E-state index contributed by atoms with van der Waals surface area (Å²) in [6.07, 6.45) is 10.8. The maximum atomic E-state index is 5.53. The maximum Gasteiger partial charge on any atom is 0.148 e. The maximum absolute atomic E-state index is 5.53. The molecule has 21 heavy (non-hydrogen) atoms. The average molecular weight is 273 g/mol. The van der Waals surface area contributed by atoms with Crippen LogP contribution < -0.4 is 4.74 Å². The predicted octanol–water partition coefficient (Wildman–Crippen LogP) is 3.75. The largest absolute Gasteiger partial charge is 0.481 e. The second-order valence-electron chi connectivity index (χ2n) is 4.98. The zero-order chi connectivity index (χ0) is 14.8. The van der Waals surface area contributed by atoms with E-state index in [9.17, 15) is 0 Å². The zero-order valence-electron chi connectivity index (χ0n) is 11.9. The fraction of sp³-hybridized carbons (Fsp3) is 0.158. The van der Waals surface area contributed by atoms with E-state index < -0.39 is 0 Å². The lowest BCUT2D eigenvalue weighted by atomic mass is 10.1. The number of aromatic nitrogens is 1. The van der Waals surface area contributed by atoms with Gasteiger partial charge in [0.25, 0.3) is 0 Å². The fourth-order valence-corrected chi connectivity index (χ4v) is 2.66. The van der Waals surface area contributed by atoms with Crippen molar-refractivity contribution < 1.29 is 4.74 Å². The molecule has 0 unspecified atom stereocenters. The van der Waals surface area contributed by atoms with Crippen molar-refractivity contribution in [3.05, 3.63) is 42.0 Å².